The average molecular weight is 439 g/mol. The molecule has 0 unspecified atom stereocenters. The number of thiophene rings is 1. The van der Waals surface area contributed by atoms with E-state index in [0.717, 1.165) is 36.1 Å². The topological polar surface area (TPSA) is 49.4 Å². The van der Waals surface area contributed by atoms with Crippen LogP contribution in [0, 0.1) is 13.8 Å². The molecule has 154 valence electrons. The predicted octanol–water partition coefficient (Wildman–Crippen LogP) is 6.25. The lowest BCUT2D eigenvalue weighted by molar-refractivity contribution is 0.0985. The van der Waals surface area contributed by atoms with Crippen molar-refractivity contribution in [2.24, 2.45) is 0 Å². The van der Waals surface area contributed by atoms with E-state index in [1.807, 2.05) is 43.0 Å². The van der Waals surface area contributed by atoms with E-state index in [1.54, 1.807) is 35.6 Å². The third-order valence-electron chi connectivity index (χ3n) is 5.57. The summed E-state index contributed by atoms with van der Waals surface area (Å²) in [5.41, 5.74) is 4.88. The van der Waals surface area contributed by atoms with Gasteiger partial charge in [0.05, 0.1) is 10.0 Å². The summed E-state index contributed by atoms with van der Waals surface area (Å²) in [5, 5.41) is 2.92. The van der Waals surface area contributed by atoms with Crippen LogP contribution in [0.1, 0.15) is 49.6 Å². The van der Waals surface area contributed by atoms with Crippen LogP contribution in [0.5, 0.6) is 0 Å². The number of aryl methyl sites for hydroxylation is 2. The molecule has 0 aliphatic carbocycles. The van der Waals surface area contributed by atoms with Crippen LogP contribution in [0.15, 0.2) is 48.5 Å². The molecule has 30 heavy (non-hydrogen) atoms. The number of benzene rings is 2. The monoisotopic (exact) mass is 438 g/mol. The Kier molecular flexibility index (Phi) is 5.93. The van der Waals surface area contributed by atoms with Crippen molar-refractivity contribution in [2.75, 3.05) is 16.8 Å². The van der Waals surface area contributed by atoms with Gasteiger partial charge in [-0.05, 0) is 80.6 Å². The van der Waals surface area contributed by atoms with Gasteiger partial charge in [-0.2, -0.15) is 0 Å². The Morgan fingerprint density at radius 2 is 1.83 bits per heavy atom. The van der Waals surface area contributed by atoms with E-state index in [9.17, 15) is 9.59 Å². The van der Waals surface area contributed by atoms with Gasteiger partial charge >= 0.3 is 0 Å². The number of amides is 2. The zero-order valence-electron chi connectivity index (χ0n) is 17.0. The van der Waals surface area contributed by atoms with Crippen LogP contribution in [0.3, 0.4) is 0 Å². The average Bonchev–Trinajstić information content (AvgIpc) is 2.99. The maximum absolute atomic E-state index is 13.2. The molecule has 0 bridgehead atoms. The largest absolute Gasteiger partial charge is 0.322 e. The van der Waals surface area contributed by atoms with Gasteiger partial charge in [-0.1, -0.05) is 23.7 Å². The lowest BCUT2D eigenvalue weighted by atomic mass is 10.0. The second-order valence-corrected chi connectivity index (χ2v) is 9.32. The van der Waals surface area contributed by atoms with E-state index in [-0.39, 0.29) is 11.8 Å². The van der Waals surface area contributed by atoms with Gasteiger partial charge in [0.1, 0.15) is 0 Å². The first-order valence-electron chi connectivity index (χ1n) is 10.0. The molecule has 1 aliphatic rings. The van der Waals surface area contributed by atoms with Crippen molar-refractivity contribution in [2.45, 2.75) is 33.1 Å². The number of halogens is 1. The van der Waals surface area contributed by atoms with E-state index >= 15 is 0 Å². The van der Waals surface area contributed by atoms with Crippen LogP contribution in [0.25, 0.3) is 0 Å². The molecule has 4 rings (SSSR count). The van der Waals surface area contributed by atoms with Crippen LogP contribution >= 0.6 is 22.9 Å². The van der Waals surface area contributed by atoms with Gasteiger partial charge in [0.2, 0.25) is 0 Å². The van der Waals surface area contributed by atoms with Crippen molar-refractivity contribution in [3.63, 3.8) is 0 Å². The molecule has 2 heterocycles. The van der Waals surface area contributed by atoms with E-state index in [2.05, 4.69) is 5.32 Å². The van der Waals surface area contributed by atoms with Gasteiger partial charge < -0.3 is 10.2 Å². The van der Waals surface area contributed by atoms with E-state index < -0.39 is 0 Å². The summed E-state index contributed by atoms with van der Waals surface area (Å²) >= 11 is 7.75. The van der Waals surface area contributed by atoms with Gasteiger partial charge in [-0.25, -0.2) is 0 Å². The fourth-order valence-corrected chi connectivity index (χ4v) is 5.04. The lowest BCUT2D eigenvalue weighted by Crippen LogP contribution is -2.31. The molecule has 0 fully saturated rings. The van der Waals surface area contributed by atoms with Crippen LogP contribution < -0.4 is 10.2 Å². The Bertz CT molecular complexity index is 1100. The van der Waals surface area contributed by atoms with E-state index in [0.29, 0.717) is 27.7 Å². The Balaban J connectivity index is 1.51. The molecule has 3 aromatic rings. The van der Waals surface area contributed by atoms with Crippen molar-refractivity contribution in [3.8, 4) is 0 Å². The number of carbonyl (C=O) groups excluding carboxylic acids is 2. The third kappa shape index (κ3) is 4.13. The minimum absolute atomic E-state index is 0.0416. The van der Waals surface area contributed by atoms with Crippen molar-refractivity contribution < 1.29 is 9.59 Å². The second-order valence-electron chi connectivity index (χ2n) is 7.55. The maximum Gasteiger partial charge on any atom is 0.258 e. The third-order valence-corrected chi connectivity index (χ3v) is 6.88. The molecule has 0 saturated heterocycles. The summed E-state index contributed by atoms with van der Waals surface area (Å²) in [6.45, 7) is 4.61. The smallest absolute Gasteiger partial charge is 0.258 e. The Morgan fingerprint density at radius 3 is 2.60 bits per heavy atom. The summed E-state index contributed by atoms with van der Waals surface area (Å²) in [4.78, 5) is 28.8. The van der Waals surface area contributed by atoms with E-state index in [1.165, 1.54) is 4.88 Å². The number of nitrogens with one attached hydrogen (secondary N) is 1. The van der Waals surface area contributed by atoms with Crippen LogP contribution in [-0.2, 0) is 6.42 Å². The van der Waals surface area contributed by atoms with Crippen LogP contribution in [0.4, 0.5) is 11.4 Å². The van der Waals surface area contributed by atoms with Crippen LogP contribution in [-0.4, -0.2) is 18.4 Å². The van der Waals surface area contributed by atoms with Crippen molar-refractivity contribution in [1.82, 2.24) is 0 Å². The minimum atomic E-state index is -0.152. The summed E-state index contributed by atoms with van der Waals surface area (Å²) in [6, 6.07) is 14.7. The summed E-state index contributed by atoms with van der Waals surface area (Å²) in [6.07, 6.45) is 2.98. The molecule has 1 N–H and O–H groups in total. The molecule has 0 spiro atoms. The van der Waals surface area contributed by atoms with Crippen molar-refractivity contribution >= 4 is 46.1 Å². The highest BCUT2D eigenvalue weighted by Crippen LogP contribution is 2.37. The SMILES string of the molecule is Cc1cccc(C(=O)Nc2ccc(C(=O)N3CCCCc4sc(Cl)cc43)cc2)c1C. The Labute approximate surface area is 185 Å². The first-order chi connectivity index (χ1) is 14.4. The molecule has 0 atom stereocenters. The lowest BCUT2D eigenvalue weighted by Gasteiger charge is -2.21. The number of fused-ring (bicyclic) bond motifs is 1. The molecule has 6 heteroatoms. The molecule has 0 radical (unpaired) electrons. The number of hydrogen-bond acceptors (Lipinski definition) is 3. The highest BCUT2D eigenvalue weighted by atomic mass is 35.5. The van der Waals surface area contributed by atoms with E-state index in [4.69, 9.17) is 11.6 Å². The van der Waals surface area contributed by atoms with Crippen molar-refractivity contribution in [1.29, 1.82) is 0 Å². The fourth-order valence-electron chi connectivity index (χ4n) is 3.73. The number of hydrogen-bond donors (Lipinski definition) is 1. The first-order valence-corrected chi connectivity index (χ1v) is 11.2. The van der Waals surface area contributed by atoms with Crippen molar-refractivity contribution in [3.05, 3.63) is 80.0 Å². The van der Waals surface area contributed by atoms with Gasteiger partial charge in [-0.15, -0.1) is 11.3 Å². The second kappa shape index (κ2) is 8.62. The molecular formula is C24H23ClN2O2S. The first kappa shape index (κ1) is 20.6. The Hall–Kier alpha value is -2.63. The normalized spacial score (nSPS) is 13.5. The number of nitrogens with zero attached hydrogens (tertiary/aromatic N) is 1. The summed E-state index contributed by atoms with van der Waals surface area (Å²) < 4.78 is 0.712. The molecule has 2 amide bonds. The van der Waals surface area contributed by atoms with Gasteiger partial charge in [0, 0.05) is 28.2 Å². The maximum atomic E-state index is 13.2. The fraction of sp³-hybridized carbons (Fsp3) is 0.250. The summed E-state index contributed by atoms with van der Waals surface area (Å²) in [5.74, 6) is -0.194. The molecular weight excluding hydrogens is 416 g/mol. The molecule has 1 aliphatic heterocycles. The zero-order valence-corrected chi connectivity index (χ0v) is 18.6. The molecule has 2 aromatic carbocycles. The standard InChI is InChI=1S/C24H23ClN2O2S/c1-15-6-5-7-19(16(15)2)23(28)26-18-11-9-17(10-12-18)24(29)27-13-4-3-8-21-20(27)14-22(25)30-21/h5-7,9-12,14H,3-4,8,13H2,1-2H3,(H,26,28). The number of anilines is 2. The van der Waals surface area contributed by atoms with Gasteiger partial charge in [0.25, 0.3) is 11.8 Å². The zero-order chi connectivity index (χ0) is 21.3. The number of carbonyl (C=O) groups is 2. The molecule has 0 saturated carbocycles. The minimum Gasteiger partial charge on any atom is -0.322 e. The number of rotatable bonds is 3. The highest BCUT2D eigenvalue weighted by molar-refractivity contribution is 7.16. The van der Waals surface area contributed by atoms with Gasteiger partial charge in [0.15, 0.2) is 0 Å². The van der Waals surface area contributed by atoms with Gasteiger partial charge in [-0.3, -0.25) is 9.59 Å². The Morgan fingerprint density at radius 1 is 1.07 bits per heavy atom. The predicted molar refractivity (Wildman–Crippen MR) is 124 cm³/mol. The molecule has 4 nitrogen and oxygen atoms in total. The quantitative estimate of drug-likeness (QED) is 0.525. The molecule has 1 aromatic heterocycles. The summed E-state index contributed by atoms with van der Waals surface area (Å²) in [7, 11) is 0. The van der Waals surface area contributed by atoms with Crippen LogP contribution in [0.2, 0.25) is 4.34 Å². The highest BCUT2D eigenvalue weighted by Gasteiger charge is 2.24.